The molecular weight excluding hydrogens is 505 g/mol. The summed E-state index contributed by atoms with van der Waals surface area (Å²) in [4.78, 5) is 16.8. The van der Waals surface area contributed by atoms with Crippen molar-refractivity contribution in [3.63, 3.8) is 0 Å². The van der Waals surface area contributed by atoms with E-state index >= 15 is 0 Å². The highest BCUT2D eigenvalue weighted by atomic mass is 35.5. The molecule has 5 N–H and O–H groups in total. The summed E-state index contributed by atoms with van der Waals surface area (Å²) in [6.07, 6.45) is 8.66. The molecular formula is C30H41Cl2N3O2. The average molecular weight is 547 g/mol. The van der Waals surface area contributed by atoms with E-state index in [1.165, 1.54) is 43.2 Å². The number of halogens is 2. The minimum atomic E-state index is -0.184. The predicted molar refractivity (Wildman–Crippen MR) is 136 cm³/mol. The van der Waals surface area contributed by atoms with Gasteiger partial charge in [0.2, 0.25) is 5.91 Å². The van der Waals surface area contributed by atoms with Crippen molar-refractivity contribution in [3.8, 4) is 5.75 Å². The van der Waals surface area contributed by atoms with E-state index in [-0.39, 0.29) is 36.1 Å². The van der Waals surface area contributed by atoms with Crippen LogP contribution in [-0.4, -0.2) is 48.1 Å². The van der Waals surface area contributed by atoms with Crippen LogP contribution in [0.3, 0.4) is 0 Å². The van der Waals surface area contributed by atoms with E-state index in [0.29, 0.717) is 29.5 Å². The highest BCUT2D eigenvalue weighted by molar-refractivity contribution is 5.82. The lowest BCUT2D eigenvalue weighted by molar-refractivity contribution is -0.691. The second-order valence-corrected chi connectivity index (χ2v) is 11.6. The number of quaternary nitrogens is 2. The molecule has 5 nitrogen and oxygen atoms in total. The molecule has 6 rings (SSSR count). The fourth-order valence-electron chi connectivity index (χ4n) is 8.04. The van der Waals surface area contributed by atoms with Gasteiger partial charge in [0.15, 0.2) is 0 Å². The number of benzene rings is 2. The van der Waals surface area contributed by atoms with Gasteiger partial charge in [-0.05, 0) is 54.7 Å². The van der Waals surface area contributed by atoms with Crippen LogP contribution in [0.5, 0.6) is 5.75 Å². The fraction of sp³-hybridized carbons (Fsp3) is 0.567. The van der Waals surface area contributed by atoms with Gasteiger partial charge >= 0.3 is 0 Å². The zero-order valence-electron chi connectivity index (χ0n) is 21.6. The lowest BCUT2D eigenvalue weighted by Crippen LogP contribution is -3.00. The van der Waals surface area contributed by atoms with Gasteiger partial charge in [-0.25, -0.2) is 0 Å². The number of aromatic hydroxyl groups is 1. The van der Waals surface area contributed by atoms with Crippen molar-refractivity contribution in [1.82, 2.24) is 4.90 Å². The molecule has 3 fully saturated rings. The summed E-state index contributed by atoms with van der Waals surface area (Å²) >= 11 is 0. The maximum Gasteiger partial charge on any atom is 0.233 e. The van der Waals surface area contributed by atoms with Gasteiger partial charge in [0, 0.05) is 12.6 Å². The van der Waals surface area contributed by atoms with Crippen LogP contribution < -0.4 is 35.4 Å². The molecule has 0 aromatic heterocycles. The standard InChI is InChI=1S/C30H39N3O2.2ClH/c34-28-13-7-12-25-24(28)17-31-19-30(25)20-32-18-26(30)29(35)33-15-14-23(21-8-3-1-4-9-21)16-27(33)22-10-5-2-6-11-22;;/h1,3-4,7-9,12-13,22-23,26-27,31-32,34H,2,5-6,10-11,14-20H2;2*1H/t23-,26?,27+,30+;;/m1../s1. The lowest BCUT2D eigenvalue weighted by Gasteiger charge is -2.47. The first-order valence-corrected chi connectivity index (χ1v) is 14.0. The van der Waals surface area contributed by atoms with Crippen molar-refractivity contribution in [3.05, 3.63) is 65.2 Å². The van der Waals surface area contributed by atoms with Crippen molar-refractivity contribution in [2.75, 3.05) is 26.2 Å². The van der Waals surface area contributed by atoms with Gasteiger partial charge in [-0.1, -0.05) is 61.7 Å². The molecule has 3 aliphatic heterocycles. The summed E-state index contributed by atoms with van der Waals surface area (Å²) < 4.78 is 0. The van der Waals surface area contributed by atoms with Crippen LogP contribution in [0.4, 0.5) is 0 Å². The minimum absolute atomic E-state index is 0. The van der Waals surface area contributed by atoms with E-state index in [9.17, 15) is 9.90 Å². The van der Waals surface area contributed by atoms with Crippen LogP contribution in [0.1, 0.15) is 67.6 Å². The molecule has 4 atom stereocenters. The number of nitrogens with two attached hydrogens (primary N) is 2. The molecule has 4 aliphatic rings. The Morgan fingerprint density at radius 1 is 0.919 bits per heavy atom. The summed E-state index contributed by atoms with van der Waals surface area (Å²) in [6.45, 7) is 4.41. The largest absolute Gasteiger partial charge is 1.00 e. The average Bonchev–Trinajstić information content (AvgIpc) is 3.33. The Labute approximate surface area is 233 Å². The number of phenols is 1. The van der Waals surface area contributed by atoms with E-state index in [4.69, 9.17) is 0 Å². The molecule has 2 aromatic carbocycles. The van der Waals surface area contributed by atoms with Gasteiger partial charge in [0.25, 0.3) is 0 Å². The molecule has 1 amide bonds. The Morgan fingerprint density at radius 3 is 2.46 bits per heavy atom. The summed E-state index contributed by atoms with van der Waals surface area (Å²) in [5.74, 6) is 1.94. The first-order valence-electron chi connectivity index (χ1n) is 14.0. The van der Waals surface area contributed by atoms with Gasteiger partial charge in [-0.3, -0.25) is 4.79 Å². The first-order chi connectivity index (χ1) is 17.2. The fourth-order valence-corrected chi connectivity index (χ4v) is 8.04. The molecule has 37 heavy (non-hydrogen) atoms. The number of hydrogen-bond donors (Lipinski definition) is 3. The van der Waals surface area contributed by atoms with Crippen molar-refractivity contribution in [2.45, 2.75) is 68.9 Å². The monoisotopic (exact) mass is 545 g/mol. The van der Waals surface area contributed by atoms with Gasteiger partial charge in [-0.2, -0.15) is 0 Å². The molecule has 0 bridgehead atoms. The zero-order valence-corrected chi connectivity index (χ0v) is 23.1. The highest BCUT2D eigenvalue weighted by Crippen LogP contribution is 2.43. The third kappa shape index (κ3) is 5.13. The second-order valence-electron chi connectivity index (χ2n) is 11.6. The van der Waals surface area contributed by atoms with Crippen molar-refractivity contribution < 1.29 is 45.3 Å². The van der Waals surface area contributed by atoms with Crippen LogP contribution in [0.2, 0.25) is 0 Å². The molecule has 2 aromatic rings. The Morgan fingerprint density at radius 2 is 1.68 bits per heavy atom. The van der Waals surface area contributed by atoms with Gasteiger partial charge in [0.05, 0.1) is 25.2 Å². The predicted octanol–water partition coefficient (Wildman–Crippen LogP) is -3.74. The van der Waals surface area contributed by atoms with Crippen molar-refractivity contribution >= 4 is 5.91 Å². The summed E-state index contributed by atoms with van der Waals surface area (Å²) in [6, 6.07) is 17.3. The second kappa shape index (κ2) is 11.9. The van der Waals surface area contributed by atoms with Gasteiger partial charge in [0.1, 0.15) is 23.6 Å². The number of phenolic OH excluding ortho intramolecular Hbond substituents is 1. The van der Waals surface area contributed by atoms with E-state index in [0.717, 1.165) is 51.1 Å². The van der Waals surface area contributed by atoms with Gasteiger partial charge in [-0.15, -0.1) is 0 Å². The Hall–Kier alpha value is -1.79. The molecule has 1 aliphatic carbocycles. The Kier molecular flexibility index (Phi) is 9.11. The lowest BCUT2D eigenvalue weighted by atomic mass is 9.67. The Bertz CT molecular complexity index is 1060. The van der Waals surface area contributed by atoms with Crippen LogP contribution >= 0.6 is 0 Å². The van der Waals surface area contributed by atoms with E-state index in [2.05, 4.69) is 51.9 Å². The van der Waals surface area contributed by atoms with Crippen molar-refractivity contribution in [1.29, 1.82) is 0 Å². The molecule has 1 unspecified atom stereocenters. The number of piperidine rings is 1. The number of likely N-dealkylation sites (tertiary alicyclic amines) is 1. The van der Waals surface area contributed by atoms with Crippen molar-refractivity contribution in [2.24, 2.45) is 11.8 Å². The van der Waals surface area contributed by atoms with Gasteiger partial charge < -0.3 is 45.5 Å². The topological polar surface area (TPSA) is 73.8 Å². The number of fused-ring (bicyclic) bond motifs is 2. The van der Waals surface area contributed by atoms with E-state index in [1.807, 2.05) is 6.07 Å². The SMILES string of the molecule is O=C(C1C[NH2+]C[C@]12C[NH2+]Cc1c(O)cccc12)N1CC[C@@H](c2ccccc2)C[C@H]1C1CCCCC1.[Cl-].[Cl-]. The maximum atomic E-state index is 14.5. The summed E-state index contributed by atoms with van der Waals surface area (Å²) in [5, 5.41) is 15.3. The number of rotatable bonds is 3. The number of carbonyl (C=O) groups is 1. The Balaban J connectivity index is 0.00000160. The third-order valence-electron chi connectivity index (χ3n) is 9.81. The van der Waals surface area contributed by atoms with Crippen LogP contribution in [-0.2, 0) is 16.8 Å². The van der Waals surface area contributed by atoms with E-state index in [1.54, 1.807) is 6.07 Å². The summed E-state index contributed by atoms with van der Waals surface area (Å²) in [5.41, 5.74) is 3.52. The maximum absolute atomic E-state index is 14.5. The number of nitrogens with zero attached hydrogens (tertiary/aromatic N) is 1. The van der Waals surface area contributed by atoms with E-state index < -0.39 is 0 Å². The quantitative estimate of drug-likeness (QED) is 0.371. The first kappa shape index (κ1) is 28.2. The molecule has 1 saturated carbocycles. The molecule has 3 heterocycles. The smallest absolute Gasteiger partial charge is 0.233 e. The summed E-state index contributed by atoms with van der Waals surface area (Å²) in [7, 11) is 0. The number of hydrogen-bond acceptors (Lipinski definition) is 2. The molecule has 0 radical (unpaired) electrons. The molecule has 2 saturated heterocycles. The van der Waals surface area contributed by atoms with Crippen LogP contribution in [0.25, 0.3) is 0 Å². The van der Waals surface area contributed by atoms with Crippen LogP contribution in [0, 0.1) is 11.8 Å². The third-order valence-corrected chi connectivity index (χ3v) is 9.81. The highest BCUT2D eigenvalue weighted by Gasteiger charge is 2.57. The normalized spacial score (nSPS) is 29.7. The van der Waals surface area contributed by atoms with Crippen LogP contribution in [0.15, 0.2) is 48.5 Å². The molecule has 7 heteroatoms. The number of amides is 1. The molecule has 202 valence electrons. The zero-order chi connectivity index (χ0) is 23.8. The number of carbonyl (C=O) groups excluding carboxylic acids is 1. The molecule has 1 spiro atoms. The minimum Gasteiger partial charge on any atom is -1.00 e.